The van der Waals surface area contributed by atoms with Crippen LogP contribution in [-0.4, -0.2) is 21.2 Å². The number of aromatic nitrogens is 2. The highest BCUT2D eigenvalue weighted by Gasteiger charge is 2.13. The molecule has 6 heteroatoms. The van der Waals surface area contributed by atoms with Crippen LogP contribution in [0, 0.1) is 6.92 Å². The summed E-state index contributed by atoms with van der Waals surface area (Å²) in [6.07, 6.45) is 0. The number of fused-ring (bicyclic) bond motifs is 1. The van der Waals surface area contributed by atoms with Crippen molar-refractivity contribution in [3.05, 3.63) is 53.4 Å². The quantitative estimate of drug-likeness (QED) is 0.765. The number of aryl methyl sites for hydroxylation is 1. The lowest BCUT2D eigenvalue weighted by molar-refractivity contribution is 0.0697. The van der Waals surface area contributed by atoms with E-state index in [0.717, 1.165) is 10.9 Å². The second-order valence-electron chi connectivity index (χ2n) is 4.66. The van der Waals surface area contributed by atoms with E-state index < -0.39 is 5.97 Å². The Morgan fingerprint density at radius 2 is 2.14 bits per heavy atom. The van der Waals surface area contributed by atoms with Crippen LogP contribution in [0.4, 0.5) is 5.82 Å². The van der Waals surface area contributed by atoms with Crippen LogP contribution in [0.5, 0.6) is 0 Å². The van der Waals surface area contributed by atoms with Crippen LogP contribution in [0.15, 0.2) is 40.9 Å². The number of benzene rings is 1. The Bertz CT molecular complexity index is 811. The van der Waals surface area contributed by atoms with Crippen molar-refractivity contribution < 1.29 is 14.4 Å². The van der Waals surface area contributed by atoms with Crippen molar-refractivity contribution in [1.29, 1.82) is 0 Å². The Kier molecular flexibility index (Phi) is 3.27. The number of hydrogen-bond acceptors (Lipinski definition) is 5. The molecule has 2 heterocycles. The van der Waals surface area contributed by atoms with Gasteiger partial charge in [0.05, 0.1) is 12.1 Å². The largest absolute Gasteiger partial charge is 0.478 e. The summed E-state index contributed by atoms with van der Waals surface area (Å²) in [4.78, 5) is 15.7. The van der Waals surface area contributed by atoms with E-state index in [1.54, 1.807) is 19.1 Å². The minimum absolute atomic E-state index is 0.133. The lowest BCUT2D eigenvalue weighted by Gasteiger charge is -2.09. The molecule has 0 spiro atoms. The van der Waals surface area contributed by atoms with Crippen LogP contribution in [-0.2, 0) is 6.54 Å². The molecule has 0 aliphatic heterocycles. The summed E-state index contributed by atoms with van der Waals surface area (Å²) in [5, 5.41) is 17.0. The number of nitrogens with zero attached hydrogens (tertiary/aromatic N) is 2. The zero-order chi connectivity index (χ0) is 14.8. The maximum Gasteiger partial charge on any atom is 0.339 e. The summed E-state index contributed by atoms with van der Waals surface area (Å²) in [7, 11) is 0. The first kappa shape index (κ1) is 13.1. The Labute approximate surface area is 120 Å². The molecular weight excluding hydrogens is 270 g/mol. The third-order valence-electron chi connectivity index (χ3n) is 3.07. The van der Waals surface area contributed by atoms with E-state index in [2.05, 4.69) is 15.5 Å². The first-order valence-electron chi connectivity index (χ1n) is 6.42. The van der Waals surface area contributed by atoms with Crippen LogP contribution in [0.2, 0.25) is 0 Å². The topological polar surface area (TPSA) is 88.2 Å². The molecule has 21 heavy (non-hydrogen) atoms. The third kappa shape index (κ3) is 2.69. The van der Waals surface area contributed by atoms with Gasteiger partial charge in [0.2, 0.25) is 0 Å². The molecule has 0 amide bonds. The van der Waals surface area contributed by atoms with Gasteiger partial charge in [-0.15, -0.1) is 0 Å². The average Bonchev–Trinajstić information content (AvgIpc) is 2.89. The van der Waals surface area contributed by atoms with Gasteiger partial charge >= 0.3 is 5.97 Å². The van der Waals surface area contributed by atoms with Gasteiger partial charge in [0.25, 0.3) is 0 Å². The van der Waals surface area contributed by atoms with Gasteiger partial charge in [-0.3, -0.25) is 0 Å². The van der Waals surface area contributed by atoms with Gasteiger partial charge in [0.15, 0.2) is 0 Å². The molecule has 6 nitrogen and oxygen atoms in total. The highest BCUT2D eigenvalue weighted by molar-refractivity contribution is 5.98. The van der Waals surface area contributed by atoms with Gasteiger partial charge in [0, 0.05) is 11.5 Å². The molecule has 0 fully saturated rings. The average molecular weight is 283 g/mol. The van der Waals surface area contributed by atoms with Crippen molar-refractivity contribution in [2.75, 3.05) is 5.32 Å². The van der Waals surface area contributed by atoms with Gasteiger partial charge in [0.1, 0.15) is 22.8 Å². The number of carboxylic acids is 1. The van der Waals surface area contributed by atoms with Crippen molar-refractivity contribution in [2.45, 2.75) is 13.5 Å². The fourth-order valence-electron chi connectivity index (χ4n) is 2.09. The van der Waals surface area contributed by atoms with Crippen LogP contribution in [0.3, 0.4) is 0 Å². The molecule has 0 unspecified atom stereocenters. The SMILES string of the molecule is Cc1cc(CNc2nc3ccccc3cc2C(=O)O)no1. The summed E-state index contributed by atoms with van der Waals surface area (Å²) in [5.74, 6) is 0.00525. The Balaban J connectivity index is 1.95. The van der Waals surface area contributed by atoms with E-state index in [1.165, 1.54) is 0 Å². The normalized spacial score (nSPS) is 10.7. The molecule has 3 rings (SSSR count). The van der Waals surface area contributed by atoms with Gasteiger partial charge < -0.3 is 14.9 Å². The van der Waals surface area contributed by atoms with E-state index in [0.29, 0.717) is 23.8 Å². The van der Waals surface area contributed by atoms with Crippen molar-refractivity contribution in [1.82, 2.24) is 10.1 Å². The summed E-state index contributed by atoms with van der Waals surface area (Å²) < 4.78 is 4.97. The first-order chi connectivity index (χ1) is 10.1. The third-order valence-corrected chi connectivity index (χ3v) is 3.07. The number of aromatic carboxylic acids is 1. The van der Waals surface area contributed by atoms with E-state index in [4.69, 9.17) is 4.52 Å². The molecule has 1 aromatic carbocycles. The standard InChI is InChI=1S/C15H13N3O3/c1-9-6-11(18-21-9)8-16-14-12(15(19)20)7-10-4-2-3-5-13(10)17-14/h2-7H,8H2,1H3,(H,16,17)(H,19,20). The Morgan fingerprint density at radius 1 is 1.33 bits per heavy atom. The van der Waals surface area contributed by atoms with Gasteiger partial charge in [-0.1, -0.05) is 23.4 Å². The molecule has 0 atom stereocenters. The van der Waals surface area contributed by atoms with E-state index in [1.807, 2.05) is 24.3 Å². The second kappa shape index (κ2) is 5.24. The summed E-state index contributed by atoms with van der Waals surface area (Å²) >= 11 is 0. The Morgan fingerprint density at radius 3 is 2.86 bits per heavy atom. The predicted molar refractivity (Wildman–Crippen MR) is 77.3 cm³/mol. The van der Waals surface area contributed by atoms with E-state index in [-0.39, 0.29) is 5.56 Å². The minimum Gasteiger partial charge on any atom is -0.478 e. The molecule has 3 aromatic rings. The van der Waals surface area contributed by atoms with Crippen molar-refractivity contribution in [2.24, 2.45) is 0 Å². The molecule has 0 aliphatic rings. The lowest BCUT2D eigenvalue weighted by atomic mass is 10.1. The fourth-order valence-corrected chi connectivity index (χ4v) is 2.09. The monoisotopic (exact) mass is 283 g/mol. The molecule has 0 saturated heterocycles. The molecule has 0 aliphatic carbocycles. The summed E-state index contributed by atoms with van der Waals surface area (Å²) in [5.41, 5.74) is 1.56. The number of anilines is 1. The highest BCUT2D eigenvalue weighted by Crippen LogP contribution is 2.21. The maximum absolute atomic E-state index is 11.4. The van der Waals surface area contributed by atoms with E-state index >= 15 is 0 Å². The zero-order valence-corrected chi connectivity index (χ0v) is 11.3. The van der Waals surface area contributed by atoms with Crippen molar-refractivity contribution >= 4 is 22.7 Å². The zero-order valence-electron chi connectivity index (χ0n) is 11.3. The highest BCUT2D eigenvalue weighted by atomic mass is 16.5. The molecular formula is C15H13N3O3. The van der Waals surface area contributed by atoms with Crippen LogP contribution in [0.25, 0.3) is 10.9 Å². The minimum atomic E-state index is -1.02. The number of carboxylic acid groups (broad SMARTS) is 1. The number of rotatable bonds is 4. The Hall–Kier alpha value is -2.89. The fraction of sp³-hybridized carbons (Fsp3) is 0.133. The molecule has 106 valence electrons. The number of carbonyl (C=O) groups is 1. The molecule has 2 N–H and O–H groups in total. The van der Waals surface area contributed by atoms with Crippen LogP contribution in [0.1, 0.15) is 21.8 Å². The molecule has 0 radical (unpaired) electrons. The molecule has 2 aromatic heterocycles. The van der Waals surface area contributed by atoms with Crippen LogP contribution < -0.4 is 5.32 Å². The number of hydrogen-bond donors (Lipinski definition) is 2. The predicted octanol–water partition coefficient (Wildman–Crippen LogP) is 2.84. The van der Waals surface area contributed by atoms with Gasteiger partial charge in [-0.05, 0) is 19.1 Å². The summed E-state index contributed by atoms with van der Waals surface area (Å²) in [6, 6.07) is 10.8. The molecule has 0 bridgehead atoms. The number of nitrogens with one attached hydrogen (secondary N) is 1. The van der Waals surface area contributed by atoms with Crippen molar-refractivity contribution in [3.8, 4) is 0 Å². The first-order valence-corrected chi connectivity index (χ1v) is 6.42. The smallest absolute Gasteiger partial charge is 0.339 e. The van der Waals surface area contributed by atoms with Crippen LogP contribution >= 0.6 is 0 Å². The number of pyridine rings is 1. The van der Waals surface area contributed by atoms with Gasteiger partial charge in [-0.25, -0.2) is 9.78 Å². The lowest BCUT2D eigenvalue weighted by Crippen LogP contribution is -2.08. The second-order valence-corrected chi connectivity index (χ2v) is 4.66. The van der Waals surface area contributed by atoms with Gasteiger partial charge in [-0.2, -0.15) is 0 Å². The maximum atomic E-state index is 11.4. The van der Waals surface area contributed by atoms with Crippen molar-refractivity contribution in [3.63, 3.8) is 0 Å². The number of para-hydroxylation sites is 1. The molecule has 0 saturated carbocycles. The van der Waals surface area contributed by atoms with E-state index in [9.17, 15) is 9.90 Å². The summed E-state index contributed by atoms with van der Waals surface area (Å²) in [6.45, 7) is 2.15.